The number of nitrogens with one attached hydrogen (secondary N) is 2. The number of hydrazine groups is 1. The van der Waals surface area contributed by atoms with E-state index in [9.17, 15) is 9.59 Å². The molecular weight excluding hydrogens is 336 g/mol. The summed E-state index contributed by atoms with van der Waals surface area (Å²) < 4.78 is 16.6. The van der Waals surface area contributed by atoms with Crippen LogP contribution in [0.1, 0.15) is 45.1 Å². The minimum absolute atomic E-state index is 0.0538. The average Bonchev–Trinajstić information content (AvgIpc) is 3.27. The van der Waals surface area contributed by atoms with Gasteiger partial charge in [-0.3, -0.25) is 20.4 Å². The predicted molar refractivity (Wildman–Crippen MR) is 94.0 cm³/mol. The van der Waals surface area contributed by atoms with Gasteiger partial charge >= 0.3 is 0 Å². The molecule has 2 amide bonds. The van der Waals surface area contributed by atoms with Crippen molar-refractivity contribution in [3.05, 3.63) is 53.0 Å². The number of rotatable bonds is 5. The van der Waals surface area contributed by atoms with Gasteiger partial charge in [-0.1, -0.05) is 12.1 Å². The molecular formula is C19H22N2O5. The van der Waals surface area contributed by atoms with Crippen molar-refractivity contribution >= 4 is 11.8 Å². The zero-order chi connectivity index (χ0) is 18.5. The van der Waals surface area contributed by atoms with Crippen molar-refractivity contribution in [2.45, 2.75) is 32.8 Å². The number of hydrogen-bond donors (Lipinski definition) is 2. The SMILES string of the molecule is Cc1cc(C(=O)NNC(=O)c2ccccc2OCC2CCCO2)c(C)o1. The monoisotopic (exact) mass is 358 g/mol. The first kappa shape index (κ1) is 18.0. The predicted octanol–water partition coefficient (Wildman–Crippen LogP) is 2.53. The first-order valence-corrected chi connectivity index (χ1v) is 8.55. The van der Waals surface area contributed by atoms with Gasteiger partial charge in [0.25, 0.3) is 11.8 Å². The van der Waals surface area contributed by atoms with E-state index in [-0.39, 0.29) is 6.10 Å². The van der Waals surface area contributed by atoms with Gasteiger partial charge in [0.2, 0.25) is 0 Å². The minimum Gasteiger partial charge on any atom is -0.490 e. The zero-order valence-electron chi connectivity index (χ0n) is 14.8. The molecule has 7 nitrogen and oxygen atoms in total. The lowest BCUT2D eigenvalue weighted by Gasteiger charge is -2.14. The van der Waals surface area contributed by atoms with Gasteiger partial charge < -0.3 is 13.9 Å². The maximum atomic E-state index is 12.4. The lowest BCUT2D eigenvalue weighted by molar-refractivity contribution is 0.0669. The normalized spacial score (nSPS) is 16.3. The Kier molecular flexibility index (Phi) is 5.58. The molecule has 1 aromatic heterocycles. The second-order valence-corrected chi connectivity index (χ2v) is 6.18. The summed E-state index contributed by atoms with van der Waals surface area (Å²) in [6.45, 7) is 4.58. The van der Waals surface area contributed by atoms with Crippen LogP contribution in [-0.2, 0) is 4.74 Å². The van der Waals surface area contributed by atoms with Crippen LogP contribution in [0.25, 0.3) is 0 Å². The zero-order valence-corrected chi connectivity index (χ0v) is 14.8. The van der Waals surface area contributed by atoms with E-state index < -0.39 is 11.8 Å². The lowest BCUT2D eigenvalue weighted by atomic mass is 10.2. The smallest absolute Gasteiger partial charge is 0.273 e. The van der Waals surface area contributed by atoms with Crippen LogP contribution in [0.3, 0.4) is 0 Å². The Morgan fingerprint density at radius 2 is 1.88 bits per heavy atom. The van der Waals surface area contributed by atoms with Crippen LogP contribution < -0.4 is 15.6 Å². The van der Waals surface area contributed by atoms with E-state index in [0.717, 1.165) is 19.4 Å². The number of furan rings is 1. The highest BCUT2D eigenvalue weighted by atomic mass is 16.5. The summed E-state index contributed by atoms with van der Waals surface area (Å²) in [6, 6.07) is 8.50. The lowest BCUT2D eigenvalue weighted by Crippen LogP contribution is -2.41. The van der Waals surface area contributed by atoms with Crippen LogP contribution >= 0.6 is 0 Å². The molecule has 3 rings (SSSR count). The third-order valence-corrected chi connectivity index (χ3v) is 4.16. The number of ether oxygens (including phenoxy) is 2. The molecule has 1 aliphatic heterocycles. The summed E-state index contributed by atoms with van der Waals surface area (Å²) in [7, 11) is 0. The fourth-order valence-electron chi connectivity index (χ4n) is 2.84. The van der Waals surface area contributed by atoms with Crippen molar-refractivity contribution in [2.75, 3.05) is 13.2 Å². The molecule has 2 N–H and O–H groups in total. The summed E-state index contributed by atoms with van der Waals surface area (Å²) in [5, 5.41) is 0. The van der Waals surface area contributed by atoms with Crippen LogP contribution in [0.2, 0.25) is 0 Å². The van der Waals surface area contributed by atoms with Crippen molar-refractivity contribution in [3.8, 4) is 5.75 Å². The van der Waals surface area contributed by atoms with E-state index in [1.807, 2.05) is 0 Å². The van der Waals surface area contributed by atoms with E-state index in [1.54, 1.807) is 44.2 Å². The van der Waals surface area contributed by atoms with Crippen LogP contribution in [0.15, 0.2) is 34.7 Å². The maximum Gasteiger partial charge on any atom is 0.273 e. The summed E-state index contributed by atoms with van der Waals surface area (Å²) in [5.74, 6) is 0.677. The Balaban J connectivity index is 1.60. The van der Waals surface area contributed by atoms with Gasteiger partial charge in [-0.25, -0.2) is 0 Å². The van der Waals surface area contributed by atoms with Gasteiger partial charge in [0.15, 0.2) is 0 Å². The highest BCUT2D eigenvalue weighted by Crippen LogP contribution is 2.20. The Morgan fingerprint density at radius 3 is 2.54 bits per heavy atom. The Hall–Kier alpha value is -2.80. The molecule has 2 aromatic rings. The van der Waals surface area contributed by atoms with Gasteiger partial charge in [-0.2, -0.15) is 0 Å². The molecule has 26 heavy (non-hydrogen) atoms. The van der Waals surface area contributed by atoms with E-state index in [0.29, 0.717) is 35.0 Å². The van der Waals surface area contributed by atoms with Crippen LogP contribution in [0.4, 0.5) is 0 Å². The summed E-state index contributed by atoms with van der Waals surface area (Å²) in [6.07, 6.45) is 2.03. The fourth-order valence-corrected chi connectivity index (χ4v) is 2.84. The Morgan fingerprint density at radius 1 is 1.15 bits per heavy atom. The first-order valence-electron chi connectivity index (χ1n) is 8.55. The number of para-hydroxylation sites is 1. The second kappa shape index (κ2) is 8.05. The van der Waals surface area contributed by atoms with Gasteiger partial charge in [0, 0.05) is 6.61 Å². The van der Waals surface area contributed by atoms with E-state index >= 15 is 0 Å². The number of amides is 2. The molecule has 0 radical (unpaired) electrons. The molecule has 0 aliphatic carbocycles. The summed E-state index contributed by atoms with van der Waals surface area (Å²) in [5.41, 5.74) is 5.53. The van der Waals surface area contributed by atoms with E-state index in [1.165, 1.54) is 0 Å². The molecule has 1 fully saturated rings. The fraction of sp³-hybridized carbons (Fsp3) is 0.368. The summed E-state index contributed by atoms with van der Waals surface area (Å²) in [4.78, 5) is 24.6. The highest BCUT2D eigenvalue weighted by molar-refractivity contribution is 6.00. The Labute approximate surface area is 151 Å². The maximum absolute atomic E-state index is 12.4. The van der Waals surface area contributed by atoms with Gasteiger partial charge in [0.1, 0.15) is 23.9 Å². The van der Waals surface area contributed by atoms with Gasteiger partial charge in [-0.15, -0.1) is 0 Å². The number of carbonyl (C=O) groups is 2. The number of hydrogen-bond acceptors (Lipinski definition) is 5. The molecule has 0 saturated carbocycles. The molecule has 0 bridgehead atoms. The topological polar surface area (TPSA) is 89.8 Å². The van der Waals surface area contributed by atoms with Crippen molar-refractivity contribution in [1.29, 1.82) is 0 Å². The molecule has 1 aromatic carbocycles. The highest BCUT2D eigenvalue weighted by Gasteiger charge is 2.19. The van der Waals surface area contributed by atoms with Crippen molar-refractivity contribution in [3.63, 3.8) is 0 Å². The molecule has 1 unspecified atom stereocenters. The molecule has 0 spiro atoms. The molecule has 1 aliphatic rings. The molecule has 2 heterocycles. The Bertz CT molecular complexity index is 793. The average molecular weight is 358 g/mol. The molecule has 1 atom stereocenters. The van der Waals surface area contributed by atoms with Crippen LogP contribution in [-0.4, -0.2) is 31.1 Å². The minimum atomic E-state index is -0.459. The molecule has 138 valence electrons. The van der Waals surface area contributed by atoms with Crippen LogP contribution in [0, 0.1) is 13.8 Å². The van der Waals surface area contributed by atoms with Crippen molar-refractivity contribution < 1.29 is 23.5 Å². The third kappa shape index (κ3) is 4.23. The van der Waals surface area contributed by atoms with E-state index in [4.69, 9.17) is 13.9 Å². The quantitative estimate of drug-likeness (QED) is 0.802. The molecule has 7 heteroatoms. The van der Waals surface area contributed by atoms with E-state index in [2.05, 4.69) is 10.9 Å². The van der Waals surface area contributed by atoms with Crippen LogP contribution in [0.5, 0.6) is 5.75 Å². The third-order valence-electron chi connectivity index (χ3n) is 4.16. The van der Waals surface area contributed by atoms with Crippen molar-refractivity contribution in [2.24, 2.45) is 0 Å². The largest absolute Gasteiger partial charge is 0.490 e. The summed E-state index contributed by atoms with van der Waals surface area (Å²) >= 11 is 0. The number of carbonyl (C=O) groups excluding carboxylic acids is 2. The molecule has 1 saturated heterocycles. The standard InChI is InChI=1S/C19H22N2O5/c1-12-10-16(13(2)26-12)19(23)21-20-18(22)15-7-3-4-8-17(15)25-11-14-6-5-9-24-14/h3-4,7-8,10,14H,5-6,9,11H2,1-2H3,(H,20,22)(H,21,23). The van der Waals surface area contributed by atoms with Crippen molar-refractivity contribution in [1.82, 2.24) is 10.9 Å². The number of benzene rings is 1. The first-order chi connectivity index (χ1) is 12.5. The second-order valence-electron chi connectivity index (χ2n) is 6.18. The van der Waals surface area contributed by atoms with Gasteiger partial charge in [0.05, 0.1) is 17.2 Å². The number of aryl methyl sites for hydroxylation is 2. The van der Waals surface area contributed by atoms with Gasteiger partial charge in [-0.05, 0) is 44.9 Å².